The minimum Gasteiger partial charge on any atom is -0.494 e. The molecule has 0 aliphatic heterocycles. The van der Waals surface area contributed by atoms with Gasteiger partial charge in [-0.3, -0.25) is 0 Å². The Morgan fingerprint density at radius 2 is 1.80 bits per heavy atom. The third kappa shape index (κ3) is 3.62. The zero-order valence-corrected chi connectivity index (χ0v) is 14.5. The molecule has 0 spiro atoms. The highest BCUT2D eigenvalue weighted by molar-refractivity contribution is 9.10. The molecule has 0 saturated heterocycles. The summed E-state index contributed by atoms with van der Waals surface area (Å²) >= 11 is 22.1. The molecule has 1 nitrogen and oxygen atoms in total. The number of hydrogen-bond acceptors (Lipinski definition) is 1. The molecule has 0 aromatic heterocycles. The van der Waals surface area contributed by atoms with Crippen molar-refractivity contribution in [2.45, 2.75) is 12.3 Å². The highest BCUT2D eigenvalue weighted by Crippen LogP contribution is 2.39. The molecule has 0 fully saturated rings. The lowest BCUT2D eigenvalue weighted by Crippen LogP contribution is -1.97. The van der Waals surface area contributed by atoms with Gasteiger partial charge in [-0.05, 0) is 42.3 Å². The van der Waals surface area contributed by atoms with E-state index in [9.17, 15) is 0 Å². The van der Waals surface area contributed by atoms with Crippen molar-refractivity contribution in [3.05, 3.63) is 62.0 Å². The largest absolute Gasteiger partial charge is 0.494 e. The van der Waals surface area contributed by atoms with Crippen LogP contribution in [0.4, 0.5) is 0 Å². The molecule has 0 radical (unpaired) electrons. The maximum Gasteiger partial charge on any atom is 0.120 e. The average Bonchev–Trinajstić information content (AvgIpc) is 2.38. The van der Waals surface area contributed by atoms with E-state index in [1.54, 1.807) is 12.1 Å². The van der Waals surface area contributed by atoms with E-state index in [1.165, 1.54) is 0 Å². The van der Waals surface area contributed by atoms with Gasteiger partial charge >= 0.3 is 0 Å². The molecule has 0 aliphatic carbocycles. The van der Waals surface area contributed by atoms with E-state index in [0.29, 0.717) is 16.7 Å². The highest BCUT2D eigenvalue weighted by atomic mass is 79.9. The Labute approximate surface area is 141 Å². The van der Waals surface area contributed by atoms with Gasteiger partial charge in [0.15, 0.2) is 0 Å². The molecule has 0 aliphatic rings. The molecule has 1 atom stereocenters. The van der Waals surface area contributed by atoms with Crippen molar-refractivity contribution in [2.75, 3.05) is 6.61 Å². The van der Waals surface area contributed by atoms with E-state index >= 15 is 0 Å². The number of benzene rings is 2. The lowest BCUT2D eigenvalue weighted by atomic mass is 10.0. The van der Waals surface area contributed by atoms with Crippen LogP contribution in [0.15, 0.2) is 40.9 Å². The predicted molar refractivity (Wildman–Crippen MR) is 89.5 cm³/mol. The van der Waals surface area contributed by atoms with E-state index in [4.69, 9.17) is 39.5 Å². The van der Waals surface area contributed by atoms with Gasteiger partial charge in [0.25, 0.3) is 0 Å². The quantitative estimate of drug-likeness (QED) is 0.539. The zero-order chi connectivity index (χ0) is 14.7. The molecule has 0 saturated carbocycles. The summed E-state index contributed by atoms with van der Waals surface area (Å²) in [5.41, 5.74) is 1.75. The Bertz CT molecular complexity index is 616. The topological polar surface area (TPSA) is 9.23 Å². The van der Waals surface area contributed by atoms with Gasteiger partial charge in [-0.15, -0.1) is 11.6 Å². The predicted octanol–water partition coefficient (Wildman–Crippen LogP) is 6.48. The smallest absolute Gasteiger partial charge is 0.120 e. The fraction of sp³-hybridized carbons (Fsp3) is 0.200. The van der Waals surface area contributed by atoms with Gasteiger partial charge in [-0.1, -0.05) is 51.3 Å². The maximum absolute atomic E-state index is 6.53. The zero-order valence-electron chi connectivity index (χ0n) is 10.7. The molecule has 1 unspecified atom stereocenters. The van der Waals surface area contributed by atoms with Crippen LogP contribution >= 0.6 is 50.7 Å². The lowest BCUT2D eigenvalue weighted by molar-refractivity contribution is 0.340. The summed E-state index contributed by atoms with van der Waals surface area (Å²) in [7, 11) is 0. The van der Waals surface area contributed by atoms with Crippen LogP contribution in [0.3, 0.4) is 0 Å². The van der Waals surface area contributed by atoms with Gasteiger partial charge < -0.3 is 4.74 Å². The van der Waals surface area contributed by atoms with Gasteiger partial charge in [0.1, 0.15) is 5.75 Å². The fourth-order valence-corrected chi connectivity index (χ4v) is 3.52. The molecule has 0 heterocycles. The third-order valence-electron chi connectivity index (χ3n) is 2.79. The van der Waals surface area contributed by atoms with Crippen LogP contribution in [0.5, 0.6) is 5.75 Å². The summed E-state index contributed by atoms with van der Waals surface area (Å²) in [6, 6.07) is 11.0. The number of alkyl halides is 1. The molecular formula is C15H12BrCl3O. The first kappa shape index (κ1) is 16.0. The fourth-order valence-electron chi connectivity index (χ4n) is 1.84. The molecule has 0 amide bonds. The Kier molecular flexibility index (Phi) is 5.62. The normalized spacial score (nSPS) is 12.2. The van der Waals surface area contributed by atoms with Crippen LogP contribution in [-0.2, 0) is 0 Å². The van der Waals surface area contributed by atoms with Crippen LogP contribution in [0.2, 0.25) is 10.0 Å². The summed E-state index contributed by atoms with van der Waals surface area (Å²) in [5, 5.41) is 0.788. The molecular weight excluding hydrogens is 382 g/mol. The summed E-state index contributed by atoms with van der Waals surface area (Å²) in [4.78, 5) is 0. The van der Waals surface area contributed by atoms with E-state index in [0.717, 1.165) is 21.3 Å². The minimum atomic E-state index is -0.357. The first-order valence-corrected chi connectivity index (χ1v) is 8.02. The van der Waals surface area contributed by atoms with E-state index in [-0.39, 0.29) is 5.38 Å². The van der Waals surface area contributed by atoms with Gasteiger partial charge in [-0.25, -0.2) is 0 Å². The Morgan fingerprint density at radius 3 is 2.40 bits per heavy atom. The first-order chi connectivity index (χ1) is 9.52. The minimum absolute atomic E-state index is 0.357. The van der Waals surface area contributed by atoms with Crippen LogP contribution in [0.1, 0.15) is 23.4 Å². The van der Waals surface area contributed by atoms with E-state index in [2.05, 4.69) is 15.9 Å². The second-order valence-corrected chi connectivity index (χ2v) is 6.28. The van der Waals surface area contributed by atoms with Crippen LogP contribution in [0, 0.1) is 0 Å². The Morgan fingerprint density at radius 1 is 1.10 bits per heavy atom. The van der Waals surface area contributed by atoms with Crippen LogP contribution < -0.4 is 4.74 Å². The number of ether oxygens (including phenoxy) is 1. The molecule has 106 valence electrons. The molecule has 0 bridgehead atoms. The van der Waals surface area contributed by atoms with Gasteiger partial charge in [0.2, 0.25) is 0 Å². The molecule has 0 N–H and O–H groups in total. The number of halogens is 4. The van der Waals surface area contributed by atoms with E-state index in [1.807, 2.05) is 31.2 Å². The van der Waals surface area contributed by atoms with Crippen molar-refractivity contribution >= 4 is 50.7 Å². The highest BCUT2D eigenvalue weighted by Gasteiger charge is 2.17. The molecule has 2 aromatic rings. The number of hydrogen-bond donors (Lipinski definition) is 0. The van der Waals surface area contributed by atoms with Gasteiger partial charge in [0.05, 0.1) is 12.0 Å². The Hall–Kier alpha value is -0.410. The first-order valence-electron chi connectivity index (χ1n) is 6.04. The summed E-state index contributed by atoms with van der Waals surface area (Å²) in [6.45, 7) is 2.57. The molecule has 2 aromatic carbocycles. The van der Waals surface area contributed by atoms with Crippen molar-refractivity contribution in [3.8, 4) is 5.75 Å². The molecule has 20 heavy (non-hydrogen) atoms. The van der Waals surface area contributed by atoms with Crippen LogP contribution in [-0.4, -0.2) is 6.61 Å². The van der Waals surface area contributed by atoms with Crippen molar-refractivity contribution in [1.82, 2.24) is 0 Å². The lowest BCUT2D eigenvalue weighted by Gasteiger charge is -2.15. The summed E-state index contributed by atoms with van der Waals surface area (Å²) < 4.78 is 6.33. The average molecular weight is 395 g/mol. The van der Waals surface area contributed by atoms with Crippen molar-refractivity contribution in [3.63, 3.8) is 0 Å². The summed E-state index contributed by atoms with van der Waals surface area (Å²) in [6.07, 6.45) is 0. The third-order valence-corrected chi connectivity index (χ3v) is 4.51. The number of rotatable bonds is 4. The monoisotopic (exact) mass is 392 g/mol. The van der Waals surface area contributed by atoms with Crippen LogP contribution in [0.25, 0.3) is 0 Å². The van der Waals surface area contributed by atoms with Crippen molar-refractivity contribution in [2.24, 2.45) is 0 Å². The molecule has 2 rings (SSSR count). The molecule has 5 heteroatoms. The van der Waals surface area contributed by atoms with Gasteiger partial charge in [-0.2, -0.15) is 0 Å². The second kappa shape index (κ2) is 7.04. The van der Waals surface area contributed by atoms with Crippen molar-refractivity contribution < 1.29 is 4.74 Å². The van der Waals surface area contributed by atoms with E-state index < -0.39 is 0 Å². The summed E-state index contributed by atoms with van der Waals surface area (Å²) in [5.74, 6) is 0.800. The second-order valence-electron chi connectivity index (χ2n) is 4.14. The standard InChI is InChI=1S/C15H12BrCl3O/c1-2-20-10-4-6-11(13(16)8-10)15(19)12-5-3-9(17)7-14(12)18/h3-8,15H,2H2,1H3. The van der Waals surface area contributed by atoms with Gasteiger partial charge in [0, 0.05) is 14.5 Å². The Balaban J connectivity index is 2.35. The maximum atomic E-state index is 6.53. The SMILES string of the molecule is CCOc1ccc(C(Cl)c2ccc(Cl)cc2Cl)c(Br)c1. The van der Waals surface area contributed by atoms with Crippen molar-refractivity contribution in [1.29, 1.82) is 0 Å².